The minimum Gasteiger partial charge on any atom is -0.413 e. The van der Waals surface area contributed by atoms with Gasteiger partial charge < -0.3 is 4.43 Å². The van der Waals surface area contributed by atoms with Gasteiger partial charge in [-0.2, -0.15) is 0 Å². The van der Waals surface area contributed by atoms with Crippen LogP contribution in [-0.4, -0.2) is 24.6 Å². The molecule has 4 rings (SSSR count). The van der Waals surface area contributed by atoms with Crippen LogP contribution in [-0.2, 0) is 9.22 Å². The molecule has 0 aromatic rings. The van der Waals surface area contributed by atoms with Crippen LogP contribution in [0.2, 0.25) is 18.1 Å². The summed E-state index contributed by atoms with van der Waals surface area (Å²) in [6, 6.07) is 0. The van der Waals surface area contributed by atoms with Gasteiger partial charge in [0.15, 0.2) is 14.1 Å². The summed E-state index contributed by atoms with van der Waals surface area (Å²) >= 11 is 2.59. The van der Waals surface area contributed by atoms with E-state index in [0.29, 0.717) is 17.8 Å². The van der Waals surface area contributed by atoms with Crippen molar-refractivity contribution in [1.82, 2.24) is 0 Å². The van der Waals surface area contributed by atoms with E-state index in [9.17, 15) is 4.79 Å². The highest BCUT2D eigenvalue weighted by atomic mass is 127. The van der Waals surface area contributed by atoms with Crippen LogP contribution in [0.5, 0.6) is 0 Å². The van der Waals surface area contributed by atoms with Crippen LogP contribution in [0, 0.1) is 22.7 Å². The zero-order valence-electron chi connectivity index (χ0n) is 19.2. The minimum atomic E-state index is -1.76. The van der Waals surface area contributed by atoms with Gasteiger partial charge in [-0.15, -0.1) is 0 Å². The maximum Gasteiger partial charge on any atom is 0.192 e. The van der Waals surface area contributed by atoms with Gasteiger partial charge in [-0.05, 0) is 80.0 Å². The fourth-order valence-corrected chi connectivity index (χ4v) is 9.35. The molecule has 29 heavy (non-hydrogen) atoms. The number of fused-ring (bicyclic) bond motifs is 5. The molecule has 5 atom stereocenters. The Bertz CT molecular complexity index is 761. The number of carbonyl (C=O) groups excluding carboxylic acids is 1. The summed E-state index contributed by atoms with van der Waals surface area (Å²) in [5.41, 5.74) is 3.60. The van der Waals surface area contributed by atoms with Crippen LogP contribution >= 0.6 is 22.6 Å². The normalized spacial score (nSPS) is 40.0. The lowest BCUT2D eigenvalue weighted by Gasteiger charge is -2.54. The van der Waals surface area contributed by atoms with Crippen LogP contribution in [0.1, 0.15) is 72.6 Å². The summed E-state index contributed by atoms with van der Waals surface area (Å²) < 4.78 is 8.16. The van der Waals surface area contributed by atoms with Crippen molar-refractivity contribution in [3.05, 3.63) is 23.3 Å². The Labute approximate surface area is 192 Å². The lowest BCUT2D eigenvalue weighted by Crippen LogP contribution is -2.51. The van der Waals surface area contributed by atoms with E-state index in [1.54, 1.807) is 5.57 Å². The lowest BCUT2D eigenvalue weighted by atomic mass is 9.52. The number of alkyl halides is 1. The topological polar surface area (TPSA) is 26.3 Å². The molecule has 0 spiro atoms. The number of hydrogen-bond donors (Lipinski definition) is 0. The fraction of sp³-hybridized carbons (Fsp3) is 0.800. The van der Waals surface area contributed by atoms with Gasteiger partial charge >= 0.3 is 0 Å². The average molecular weight is 527 g/mol. The number of hydrogen-bond acceptors (Lipinski definition) is 2. The first-order valence-corrected chi connectivity index (χ1v) is 16.1. The summed E-state index contributed by atoms with van der Waals surface area (Å²) in [6.07, 6.45) is 12.9. The van der Waals surface area contributed by atoms with E-state index < -0.39 is 8.32 Å². The van der Waals surface area contributed by atoms with Crippen LogP contribution in [0.3, 0.4) is 0 Å². The third kappa shape index (κ3) is 3.38. The van der Waals surface area contributed by atoms with Gasteiger partial charge in [-0.1, -0.05) is 67.5 Å². The molecule has 4 heteroatoms. The molecule has 0 saturated heterocycles. The second-order valence-corrected chi connectivity index (χ2v) is 17.4. The van der Waals surface area contributed by atoms with Gasteiger partial charge in [0.1, 0.15) is 0 Å². The van der Waals surface area contributed by atoms with Crippen LogP contribution in [0.15, 0.2) is 23.3 Å². The van der Waals surface area contributed by atoms with Crippen molar-refractivity contribution in [3.8, 4) is 0 Å². The summed E-state index contributed by atoms with van der Waals surface area (Å²) in [4.78, 5) is 12.1. The largest absolute Gasteiger partial charge is 0.413 e. The van der Waals surface area contributed by atoms with E-state index in [1.807, 2.05) is 6.08 Å². The smallest absolute Gasteiger partial charge is 0.192 e. The highest BCUT2D eigenvalue weighted by Gasteiger charge is 2.58. The highest BCUT2D eigenvalue weighted by Crippen LogP contribution is 2.64. The zero-order valence-corrected chi connectivity index (χ0v) is 22.4. The van der Waals surface area contributed by atoms with E-state index in [1.165, 1.54) is 24.8 Å². The average Bonchev–Trinajstić information content (AvgIpc) is 2.96. The van der Waals surface area contributed by atoms with Crippen molar-refractivity contribution in [3.63, 3.8) is 0 Å². The maximum atomic E-state index is 12.1. The van der Waals surface area contributed by atoms with E-state index >= 15 is 0 Å². The molecule has 0 N–H and O–H groups in total. The van der Waals surface area contributed by atoms with Crippen LogP contribution in [0.25, 0.3) is 0 Å². The molecule has 0 amide bonds. The van der Waals surface area contributed by atoms with Gasteiger partial charge in [-0.3, -0.25) is 4.79 Å². The Kier molecular flexibility index (Phi) is 5.60. The summed E-state index contributed by atoms with van der Waals surface area (Å²) in [5, 5.41) is 0.265. The first-order valence-electron chi connectivity index (χ1n) is 11.6. The summed E-state index contributed by atoms with van der Waals surface area (Å²) in [7, 11) is -1.76. The second-order valence-electron chi connectivity index (χ2n) is 11.9. The van der Waals surface area contributed by atoms with E-state index in [2.05, 4.69) is 69.5 Å². The van der Waals surface area contributed by atoms with E-state index in [0.717, 1.165) is 36.0 Å². The van der Waals surface area contributed by atoms with Crippen molar-refractivity contribution >= 4 is 36.7 Å². The Hall–Kier alpha value is 0.0569. The molecule has 2 nitrogen and oxygen atoms in total. The Morgan fingerprint density at radius 2 is 1.93 bits per heavy atom. The third-order valence-electron chi connectivity index (χ3n) is 9.47. The number of allylic oxidation sites excluding steroid dienone is 4. The zero-order chi connectivity index (χ0) is 21.2. The van der Waals surface area contributed by atoms with Crippen molar-refractivity contribution < 1.29 is 9.22 Å². The second kappa shape index (κ2) is 7.30. The number of carbonyl (C=O) groups is 1. The molecule has 0 aromatic heterocycles. The van der Waals surface area contributed by atoms with E-state index in [-0.39, 0.29) is 15.9 Å². The van der Waals surface area contributed by atoms with Crippen molar-refractivity contribution in [2.45, 2.75) is 96.9 Å². The maximum absolute atomic E-state index is 12.1. The summed E-state index contributed by atoms with van der Waals surface area (Å²) in [6.45, 7) is 14.4. The number of halogens is 1. The predicted molar refractivity (Wildman–Crippen MR) is 132 cm³/mol. The first kappa shape index (κ1) is 22.3. The lowest BCUT2D eigenvalue weighted by molar-refractivity contribution is -0.115. The fourth-order valence-electron chi connectivity index (χ4n) is 6.59. The molecule has 0 aromatic carbocycles. The van der Waals surface area contributed by atoms with Gasteiger partial charge in [-0.25, -0.2) is 0 Å². The van der Waals surface area contributed by atoms with Gasteiger partial charge in [0.2, 0.25) is 0 Å². The quantitative estimate of drug-likeness (QED) is 0.168. The molecule has 0 radical (unpaired) electrons. The molecule has 0 aliphatic heterocycles. The van der Waals surface area contributed by atoms with Gasteiger partial charge in [0, 0.05) is 16.3 Å². The van der Waals surface area contributed by atoms with Crippen molar-refractivity contribution in [1.29, 1.82) is 0 Å². The van der Waals surface area contributed by atoms with E-state index in [4.69, 9.17) is 4.43 Å². The van der Waals surface area contributed by atoms with Crippen molar-refractivity contribution in [2.24, 2.45) is 22.7 Å². The molecular formula is C25H39IO2Si. The summed E-state index contributed by atoms with van der Waals surface area (Å²) in [5.74, 6) is 1.79. The molecule has 0 heterocycles. The predicted octanol–water partition coefficient (Wildman–Crippen LogP) is 7.24. The number of rotatable bonds is 3. The number of ketones is 1. The molecule has 4 aliphatic rings. The molecule has 0 bridgehead atoms. The standard InChI is InChI=1S/C25H39IO2Si/c1-23(2,3)29(5,6)28-22-10-9-20-19-8-7-17-15-18(27)11-14-25(17,16-26)21(19)12-13-24(20,22)4/h12,15,19-20,22H,7-11,13-14,16H2,1-6H3. The Balaban J connectivity index is 1.66. The first-order chi connectivity index (χ1) is 13.4. The van der Waals surface area contributed by atoms with Gasteiger partial charge in [0.05, 0.1) is 6.10 Å². The Morgan fingerprint density at radius 3 is 2.59 bits per heavy atom. The molecule has 5 unspecified atom stereocenters. The third-order valence-corrected chi connectivity index (χ3v) is 15.3. The van der Waals surface area contributed by atoms with Crippen LogP contribution in [0.4, 0.5) is 0 Å². The Morgan fingerprint density at radius 1 is 1.21 bits per heavy atom. The van der Waals surface area contributed by atoms with Gasteiger partial charge in [0.25, 0.3) is 0 Å². The molecule has 2 saturated carbocycles. The van der Waals surface area contributed by atoms with Crippen LogP contribution < -0.4 is 0 Å². The molecule has 2 fully saturated rings. The SMILES string of the molecule is CC12CC=C3C(CCC4=CC(=O)CCC43CI)C1CCC2O[Si](C)(C)C(C)(C)C. The minimum absolute atomic E-state index is 0.178. The monoisotopic (exact) mass is 526 g/mol. The highest BCUT2D eigenvalue weighted by molar-refractivity contribution is 14.1. The molecule has 162 valence electrons. The van der Waals surface area contributed by atoms with Crippen molar-refractivity contribution in [2.75, 3.05) is 4.43 Å². The molecule has 4 aliphatic carbocycles. The molecular weight excluding hydrogens is 487 g/mol.